The number of aryl methyl sites for hydroxylation is 1. The van der Waals surface area contributed by atoms with Gasteiger partial charge in [0.2, 0.25) is 0 Å². The van der Waals surface area contributed by atoms with E-state index >= 15 is 0 Å². The summed E-state index contributed by atoms with van der Waals surface area (Å²) in [4.78, 5) is 2.36. The maximum atomic E-state index is 6.07. The van der Waals surface area contributed by atoms with Crippen LogP contribution in [0.2, 0.25) is 5.02 Å². The molecule has 0 radical (unpaired) electrons. The van der Waals surface area contributed by atoms with Crippen LogP contribution in [0, 0.1) is 6.92 Å². The zero-order valence-electron chi connectivity index (χ0n) is 12.8. The highest BCUT2D eigenvalue weighted by Crippen LogP contribution is 2.26. The Hall–Kier alpha value is -0.530. The van der Waals surface area contributed by atoms with Gasteiger partial charge in [-0.1, -0.05) is 45.4 Å². The summed E-state index contributed by atoms with van der Waals surface area (Å²) < 4.78 is 0. The van der Waals surface area contributed by atoms with E-state index in [-0.39, 0.29) is 0 Å². The van der Waals surface area contributed by atoms with Crippen LogP contribution in [0.25, 0.3) is 0 Å². The zero-order chi connectivity index (χ0) is 14.1. The molecule has 0 aliphatic carbocycles. The Labute approximate surface area is 118 Å². The second kappa shape index (κ2) is 9.41. The Morgan fingerprint density at radius 1 is 1.22 bits per heavy atom. The topological polar surface area (TPSA) is 3.24 Å². The molecule has 1 rings (SSSR count). The van der Waals surface area contributed by atoms with Crippen LogP contribution in [0.3, 0.4) is 0 Å². The van der Waals surface area contributed by atoms with E-state index in [0.717, 1.165) is 24.5 Å². The lowest BCUT2D eigenvalue weighted by molar-refractivity contribution is 0.322. The van der Waals surface area contributed by atoms with E-state index in [4.69, 9.17) is 11.6 Å². The number of benzene rings is 1. The lowest BCUT2D eigenvalue weighted by atomic mass is 9.92. The number of rotatable bonds is 5. The van der Waals surface area contributed by atoms with Crippen LogP contribution in [0.15, 0.2) is 18.2 Å². The third-order valence-corrected chi connectivity index (χ3v) is 3.48. The molecule has 0 aliphatic rings. The molecule has 0 amide bonds. The molecule has 1 aromatic carbocycles. The second-order valence-electron chi connectivity index (χ2n) is 4.46. The van der Waals surface area contributed by atoms with Gasteiger partial charge < -0.3 is 4.90 Å². The monoisotopic (exact) mass is 269 g/mol. The Kier molecular flexibility index (Phi) is 9.13. The molecule has 0 saturated carbocycles. The number of nitrogens with zero attached hydrogens (tertiary/aromatic N) is 1. The summed E-state index contributed by atoms with van der Waals surface area (Å²) in [5.74, 6) is 0.587. The molecule has 0 fully saturated rings. The Balaban J connectivity index is 0.00000137. The van der Waals surface area contributed by atoms with Crippen molar-refractivity contribution in [1.29, 1.82) is 0 Å². The third-order valence-electron chi connectivity index (χ3n) is 3.25. The van der Waals surface area contributed by atoms with Gasteiger partial charge in [-0.15, -0.1) is 0 Å². The van der Waals surface area contributed by atoms with E-state index in [0.29, 0.717) is 5.92 Å². The van der Waals surface area contributed by atoms with Gasteiger partial charge in [-0.2, -0.15) is 0 Å². The van der Waals surface area contributed by atoms with Crippen LogP contribution in [0.5, 0.6) is 0 Å². The molecule has 0 aliphatic heterocycles. The van der Waals surface area contributed by atoms with Crippen molar-refractivity contribution >= 4 is 11.6 Å². The molecule has 0 saturated heterocycles. The Bertz CT molecular complexity index is 336. The summed E-state index contributed by atoms with van der Waals surface area (Å²) in [7, 11) is 2.17. The Morgan fingerprint density at radius 2 is 1.83 bits per heavy atom. The third kappa shape index (κ3) is 5.41. The van der Waals surface area contributed by atoms with E-state index in [1.54, 1.807) is 0 Å². The lowest BCUT2D eigenvalue weighted by Gasteiger charge is -2.23. The fraction of sp³-hybridized carbons (Fsp3) is 0.625. The van der Waals surface area contributed by atoms with E-state index in [1.165, 1.54) is 11.1 Å². The molecule has 0 spiro atoms. The van der Waals surface area contributed by atoms with Gasteiger partial charge in [-0.05, 0) is 56.1 Å². The van der Waals surface area contributed by atoms with Crippen molar-refractivity contribution in [2.45, 2.75) is 47.0 Å². The molecule has 0 N–H and O–H groups in total. The van der Waals surface area contributed by atoms with Gasteiger partial charge in [0.15, 0.2) is 0 Å². The number of hydrogen-bond donors (Lipinski definition) is 0. The van der Waals surface area contributed by atoms with Crippen molar-refractivity contribution in [3.8, 4) is 0 Å². The predicted octanol–water partition coefficient (Wildman–Crippen LogP) is 5.12. The van der Waals surface area contributed by atoms with E-state index in [9.17, 15) is 0 Å². The van der Waals surface area contributed by atoms with Crippen LogP contribution in [-0.2, 0) is 0 Å². The van der Waals surface area contributed by atoms with Crippen LogP contribution in [0.1, 0.15) is 51.2 Å². The largest absolute Gasteiger partial charge is 0.306 e. The quantitative estimate of drug-likeness (QED) is 0.717. The van der Waals surface area contributed by atoms with Gasteiger partial charge in [0.25, 0.3) is 0 Å². The molecule has 1 atom stereocenters. The van der Waals surface area contributed by atoms with E-state index < -0.39 is 0 Å². The highest BCUT2D eigenvalue weighted by molar-refractivity contribution is 6.30. The van der Waals surface area contributed by atoms with Gasteiger partial charge in [0, 0.05) is 11.6 Å². The smallest absolute Gasteiger partial charge is 0.0409 e. The minimum Gasteiger partial charge on any atom is -0.306 e. The summed E-state index contributed by atoms with van der Waals surface area (Å²) in [5.41, 5.74) is 2.75. The van der Waals surface area contributed by atoms with Crippen molar-refractivity contribution in [2.24, 2.45) is 0 Å². The van der Waals surface area contributed by atoms with Crippen molar-refractivity contribution in [3.63, 3.8) is 0 Å². The first-order valence-electron chi connectivity index (χ1n) is 7.03. The summed E-state index contributed by atoms with van der Waals surface area (Å²) in [6, 6.07) is 6.21. The minimum atomic E-state index is 0.587. The lowest BCUT2D eigenvalue weighted by Crippen LogP contribution is -2.24. The van der Waals surface area contributed by atoms with E-state index in [1.807, 2.05) is 19.9 Å². The molecular formula is C16H28ClN. The van der Waals surface area contributed by atoms with Gasteiger partial charge in [0.1, 0.15) is 0 Å². The van der Waals surface area contributed by atoms with Gasteiger partial charge in [-0.25, -0.2) is 0 Å². The van der Waals surface area contributed by atoms with Gasteiger partial charge in [-0.3, -0.25) is 0 Å². The van der Waals surface area contributed by atoms with E-state index in [2.05, 4.69) is 44.9 Å². The molecule has 1 aromatic rings. The number of halogens is 1. The summed E-state index contributed by atoms with van der Waals surface area (Å²) in [6.45, 7) is 12.8. The maximum absolute atomic E-state index is 6.07. The highest BCUT2D eigenvalue weighted by atomic mass is 35.5. The average molecular weight is 270 g/mol. The number of hydrogen-bond acceptors (Lipinski definition) is 1. The average Bonchev–Trinajstić information content (AvgIpc) is 2.41. The normalized spacial score (nSPS) is 12.0. The zero-order valence-corrected chi connectivity index (χ0v) is 13.5. The van der Waals surface area contributed by atoms with Crippen molar-refractivity contribution in [1.82, 2.24) is 4.90 Å². The maximum Gasteiger partial charge on any atom is 0.0409 e. The molecule has 0 aromatic heterocycles. The summed E-state index contributed by atoms with van der Waals surface area (Å²) in [6.07, 6.45) is 1.16. The second-order valence-corrected chi connectivity index (χ2v) is 4.90. The minimum absolute atomic E-state index is 0.587. The van der Waals surface area contributed by atoms with Crippen LogP contribution in [0.4, 0.5) is 0 Å². The van der Waals surface area contributed by atoms with Crippen molar-refractivity contribution in [2.75, 3.05) is 20.1 Å². The standard InChI is InChI=1S/C14H22ClN.C2H6/c1-5-12(10-16(4)6-2)14-9-13(15)8-7-11(14)3;1-2/h7-9,12H,5-6,10H2,1-4H3;1-2H3/t12-;/m1./s1. The molecule has 0 unspecified atom stereocenters. The molecule has 104 valence electrons. The SMILES string of the molecule is CC.CC[C@H](CN(C)CC)c1cc(Cl)ccc1C. The fourth-order valence-electron chi connectivity index (χ4n) is 2.00. The summed E-state index contributed by atoms with van der Waals surface area (Å²) >= 11 is 6.07. The molecule has 1 nitrogen and oxygen atoms in total. The van der Waals surface area contributed by atoms with Crippen LogP contribution < -0.4 is 0 Å². The molecular weight excluding hydrogens is 242 g/mol. The number of likely N-dealkylation sites (N-methyl/N-ethyl adjacent to an activating group) is 1. The van der Waals surface area contributed by atoms with Gasteiger partial charge in [0.05, 0.1) is 0 Å². The highest BCUT2D eigenvalue weighted by Gasteiger charge is 2.14. The molecule has 2 heteroatoms. The van der Waals surface area contributed by atoms with Gasteiger partial charge >= 0.3 is 0 Å². The molecule has 0 heterocycles. The van der Waals surface area contributed by atoms with Crippen molar-refractivity contribution < 1.29 is 0 Å². The first kappa shape index (κ1) is 17.5. The molecule has 18 heavy (non-hydrogen) atoms. The first-order valence-corrected chi connectivity index (χ1v) is 7.40. The Morgan fingerprint density at radius 3 is 2.33 bits per heavy atom. The predicted molar refractivity (Wildman–Crippen MR) is 83.7 cm³/mol. The fourth-order valence-corrected chi connectivity index (χ4v) is 2.18. The first-order chi connectivity index (χ1) is 8.58. The molecule has 0 bridgehead atoms. The summed E-state index contributed by atoms with van der Waals surface area (Å²) in [5, 5.41) is 0.846. The van der Waals surface area contributed by atoms with Crippen LogP contribution >= 0.6 is 11.6 Å². The van der Waals surface area contributed by atoms with Crippen molar-refractivity contribution in [3.05, 3.63) is 34.3 Å². The van der Waals surface area contributed by atoms with Crippen LogP contribution in [-0.4, -0.2) is 25.0 Å².